The van der Waals surface area contributed by atoms with E-state index < -0.39 is 5.54 Å². The van der Waals surface area contributed by atoms with E-state index >= 15 is 0 Å². The zero-order chi connectivity index (χ0) is 9.61. The van der Waals surface area contributed by atoms with Crippen molar-refractivity contribution in [3.8, 4) is 0 Å². The molecule has 0 rings (SSSR count). The molecule has 0 fully saturated rings. The molecule has 0 atom stereocenters. The second-order valence-electron chi connectivity index (χ2n) is 3.15. The first-order valence-corrected chi connectivity index (χ1v) is 3.95. The number of hydrogen-bond donors (Lipinski definition) is 2. The number of aliphatic hydroxyl groups excluding tert-OH is 1. The van der Waals surface area contributed by atoms with Gasteiger partial charge in [-0.3, -0.25) is 4.79 Å². The number of rotatable bonds is 6. The monoisotopic (exact) mass is 175 g/mol. The molecule has 4 nitrogen and oxygen atoms in total. The largest absolute Gasteiger partial charge is 0.371 e. The van der Waals surface area contributed by atoms with Gasteiger partial charge in [-0.1, -0.05) is 0 Å². The minimum Gasteiger partial charge on any atom is -0.371 e. The molecule has 0 aliphatic rings. The van der Waals surface area contributed by atoms with Crippen LogP contribution in [0.15, 0.2) is 0 Å². The minimum absolute atomic E-state index is 0.0894. The zero-order valence-corrected chi connectivity index (χ0v) is 7.89. The Morgan fingerprint density at radius 3 is 2.58 bits per heavy atom. The third-order valence-corrected chi connectivity index (χ3v) is 1.78. The number of hydrogen-bond acceptors (Lipinski definition) is 4. The molecule has 0 heterocycles. The summed E-state index contributed by atoms with van der Waals surface area (Å²) in [5, 5.41) is 11.3. The molecule has 0 aliphatic carbocycles. The number of ether oxygens (including phenoxy) is 1. The lowest BCUT2D eigenvalue weighted by Crippen LogP contribution is -2.46. The highest BCUT2D eigenvalue weighted by molar-refractivity contribution is 5.85. The molecule has 2 N–H and O–H groups in total. The molecule has 0 aromatic rings. The van der Waals surface area contributed by atoms with Gasteiger partial charge in [0.25, 0.3) is 0 Å². The summed E-state index contributed by atoms with van der Waals surface area (Å²) in [5.74, 6) is 0.0894. The summed E-state index contributed by atoms with van der Waals surface area (Å²) >= 11 is 0. The Balaban J connectivity index is 3.54. The standard InChI is InChI=1S/C8H17NO3/c1-7(11)8(2,3)9-4-5-12-6-10/h9-10H,4-6H2,1-3H3. The summed E-state index contributed by atoms with van der Waals surface area (Å²) in [6.07, 6.45) is 0. The van der Waals surface area contributed by atoms with Crippen LogP contribution in [-0.4, -0.2) is 36.4 Å². The van der Waals surface area contributed by atoms with Crippen LogP contribution < -0.4 is 5.32 Å². The maximum Gasteiger partial charge on any atom is 0.149 e. The van der Waals surface area contributed by atoms with E-state index in [1.165, 1.54) is 0 Å². The van der Waals surface area contributed by atoms with Crippen molar-refractivity contribution in [2.24, 2.45) is 0 Å². The Bertz CT molecular complexity index is 145. The maximum absolute atomic E-state index is 11.0. The van der Waals surface area contributed by atoms with Crippen LogP contribution in [0.4, 0.5) is 0 Å². The van der Waals surface area contributed by atoms with Crippen molar-refractivity contribution in [1.29, 1.82) is 0 Å². The number of Topliss-reactive ketones (excluding diaryl/α,β-unsaturated/α-hetero) is 1. The Kier molecular flexibility index (Phi) is 5.04. The topological polar surface area (TPSA) is 58.6 Å². The summed E-state index contributed by atoms with van der Waals surface area (Å²) < 4.78 is 4.69. The fourth-order valence-corrected chi connectivity index (χ4v) is 0.625. The van der Waals surface area contributed by atoms with Crippen LogP contribution >= 0.6 is 0 Å². The second-order valence-corrected chi connectivity index (χ2v) is 3.15. The highest BCUT2D eigenvalue weighted by Crippen LogP contribution is 2.01. The lowest BCUT2D eigenvalue weighted by molar-refractivity contribution is -0.122. The smallest absolute Gasteiger partial charge is 0.149 e. The first kappa shape index (κ1) is 11.6. The molecule has 0 aliphatic heterocycles. The number of carbonyl (C=O) groups excluding carboxylic acids is 1. The second kappa shape index (κ2) is 5.24. The molecule has 0 radical (unpaired) electrons. The first-order chi connectivity index (χ1) is 5.50. The first-order valence-electron chi connectivity index (χ1n) is 3.95. The van der Waals surface area contributed by atoms with Gasteiger partial charge in [-0.05, 0) is 20.8 Å². The Morgan fingerprint density at radius 2 is 2.17 bits per heavy atom. The molecule has 0 spiro atoms. The molecule has 12 heavy (non-hydrogen) atoms. The predicted molar refractivity (Wildman–Crippen MR) is 45.8 cm³/mol. The van der Waals surface area contributed by atoms with E-state index in [4.69, 9.17) is 9.84 Å². The average Bonchev–Trinajstić information content (AvgIpc) is 1.98. The fraction of sp³-hybridized carbons (Fsp3) is 0.875. The van der Waals surface area contributed by atoms with Crippen LogP contribution in [0.1, 0.15) is 20.8 Å². The van der Waals surface area contributed by atoms with Crippen molar-refractivity contribution in [3.05, 3.63) is 0 Å². The van der Waals surface area contributed by atoms with Gasteiger partial charge >= 0.3 is 0 Å². The van der Waals surface area contributed by atoms with Crippen LogP contribution in [-0.2, 0) is 9.53 Å². The Hall–Kier alpha value is -0.450. The SMILES string of the molecule is CC(=O)C(C)(C)NCCOCO. The molecule has 0 unspecified atom stereocenters. The molecule has 0 saturated carbocycles. The molecule has 0 bridgehead atoms. The lowest BCUT2D eigenvalue weighted by Gasteiger charge is -2.22. The molecule has 72 valence electrons. The number of ketones is 1. The van der Waals surface area contributed by atoms with Crippen molar-refractivity contribution >= 4 is 5.78 Å². The van der Waals surface area contributed by atoms with Crippen molar-refractivity contribution in [2.45, 2.75) is 26.3 Å². The highest BCUT2D eigenvalue weighted by Gasteiger charge is 2.21. The molecule has 0 aromatic heterocycles. The fourth-order valence-electron chi connectivity index (χ4n) is 0.625. The molecular weight excluding hydrogens is 158 g/mol. The van der Waals surface area contributed by atoms with Crippen LogP contribution in [0.25, 0.3) is 0 Å². The lowest BCUT2D eigenvalue weighted by atomic mass is 10.0. The summed E-state index contributed by atoms with van der Waals surface area (Å²) in [7, 11) is 0. The summed E-state index contributed by atoms with van der Waals surface area (Å²) in [6.45, 7) is 5.87. The van der Waals surface area contributed by atoms with Crippen LogP contribution in [0, 0.1) is 0 Å². The number of nitrogens with one attached hydrogen (secondary N) is 1. The van der Waals surface area contributed by atoms with E-state index in [-0.39, 0.29) is 12.6 Å². The van der Waals surface area contributed by atoms with Gasteiger partial charge in [-0.2, -0.15) is 0 Å². The van der Waals surface area contributed by atoms with E-state index in [1.807, 2.05) is 13.8 Å². The molecule has 4 heteroatoms. The van der Waals surface area contributed by atoms with Gasteiger partial charge in [-0.15, -0.1) is 0 Å². The highest BCUT2D eigenvalue weighted by atomic mass is 16.6. The van der Waals surface area contributed by atoms with Crippen molar-refractivity contribution in [2.75, 3.05) is 19.9 Å². The van der Waals surface area contributed by atoms with E-state index in [2.05, 4.69) is 5.32 Å². The predicted octanol–water partition coefficient (Wildman–Crippen LogP) is -0.0900. The summed E-state index contributed by atoms with van der Waals surface area (Å²) in [6, 6.07) is 0. The van der Waals surface area contributed by atoms with Crippen LogP contribution in [0.2, 0.25) is 0 Å². The van der Waals surface area contributed by atoms with Gasteiger partial charge in [0.1, 0.15) is 12.6 Å². The molecule has 0 aromatic carbocycles. The third-order valence-electron chi connectivity index (χ3n) is 1.78. The summed E-state index contributed by atoms with van der Waals surface area (Å²) in [5.41, 5.74) is -0.501. The molecular formula is C8H17NO3. The van der Waals surface area contributed by atoms with Gasteiger partial charge < -0.3 is 15.2 Å². The van der Waals surface area contributed by atoms with Gasteiger partial charge in [0.2, 0.25) is 0 Å². The quantitative estimate of drug-likeness (QED) is 0.437. The number of carbonyl (C=O) groups is 1. The van der Waals surface area contributed by atoms with Gasteiger partial charge in [-0.25, -0.2) is 0 Å². The van der Waals surface area contributed by atoms with Crippen LogP contribution in [0.5, 0.6) is 0 Å². The normalized spacial score (nSPS) is 11.7. The Morgan fingerprint density at radius 1 is 1.58 bits per heavy atom. The Labute approximate surface area is 72.9 Å². The van der Waals surface area contributed by atoms with E-state index in [1.54, 1.807) is 6.92 Å². The summed E-state index contributed by atoms with van der Waals surface area (Å²) in [4.78, 5) is 11.0. The third kappa shape index (κ3) is 4.43. The van der Waals surface area contributed by atoms with E-state index in [9.17, 15) is 4.79 Å². The minimum atomic E-state index is -0.501. The molecule has 0 saturated heterocycles. The maximum atomic E-state index is 11.0. The van der Waals surface area contributed by atoms with E-state index in [0.717, 1.165) is 0 Å². The zero-order valence-electron chi connectivity index (χ0n) is 7.89. The van der Waals surface area contributed by atoms with E-state index in [0.29, 0.717) is 13.2 Å². The van der Waals surface area contributed by atoms with Crippen molar-refractivity contribution < 1.29 is 14.6 Å². The van der Waals surface area contributed by atoms with Gasteiger partial charge in [0.05, 0.1) is 12.1 Å². The average molecular weight is 175 g/mol. The van der Waals surface area contributed by atoms with Crippen molar-refractivity contribution in [3.63, 3.8) is 0 Å². The number of aliphatic hydroxyl groups is 1. The van der Waals surface area contributed by atoms with Crippen LogP contribution in [0.3, 0.4) is 0 Å². The van der Waals surface area contributed by atoms with Gasteiger partial charge in [0.15, 0.2) is 0 Å². The molecule has 0 amide bonds. The van der Waals surface area contributed by atoms with Gasteiger partial charge in [0, 0.05) is 6.54 Å². The van der Waals surface area contributed by atoms with Crippen molar-refractivity contribution in [1.82, 2.24) is 5.32 Å².